The number of nitrogens with one attached hydrogen (secondary N) is 2. The number of benzene rings is 2. The van der Waals surface area contributed by atoms with Gasteiger partial charge in [0, 0.05) is 43.1 Å². The topological polar surface area (TPSA) is 81.8 Å². The zero-order valence-electron chi connectivity index (χ0n) is 19.2. The Bertz CT molecular complexity index is 1120. The first-order valence-electron chi connectivity index (χ1n) is 11.0. The molecule has 2 heterocycles. The van der Waals surface area contributed by atoms with Crippen LogP contribution in [0.15, 0.2) is 42.5 Å². The number of piperazine rings is 1. The third-order valence-electron chi connectivity index (χ3n) is 6.44. The summed E-state index contributed by atoms with van der Waals surface area (Å²) < 4.78 is 24.9. The molecule has 0 aromatic heterocycles. The van der Waals surface area contributed by atoms with Gasteiger partial charge in [-0.1, -0.05) is 26.0 Å². The highest BCUT2D eigenvalue weighted by molar-refractivity contribution is 7.89. The van der Waals surface area contributed by atoms with Crippen molar-refractivity contribution in [3.05, 3.63) is 59.2 Å². The van der Waals surface area contributed by atoms with Gasteiger partial charge in [-0.3, -0.25) is 4.79 Å². The largest absolute Gasteiger partial charge is 0.377 e. The number of hydrogen-bond donors (Lipinski definition) is 2. The maximum atomic E-state index is 12.3. The fraction of sp³-hybridized carbons (Fsp3) is 0.458. The van der Waals surface area contributed by atoms with E-state index >= 15 is 0 Å². The van der Waals surface area contributed by atoms with E-state index in [1.165, 1.54) is 11.3 Å². The number of rotatable bonds is 4. The van der Waals surface area contributed by atoms with Crippen LogP contribution in [0, 0.1) is 5.41 Å². The van der Waals surface area contributed by atoms with E-state index in [2.05, 4.69) is 60.3 Å². The minimum Gasteiger partial charge on any atom is -0.377 e. The fourth-order valence-electron chi connectivity index (χ4n) is 4.69. The van der Waals surface area contributed by atoms with Gasteiger partial charge >= 0.3 is 0 Å². The molecule has 4 rings (SSSR count). The Morgan fingerprint density at radius 2 is 1.81 bits per heavy atom. The van der Waals surface area contributed by atoms with Crippen LogP contribution >= 0.6 is 0 Å². The maximum Gasteiger partial charge on any atom is 0.264 e. The first-order valence-corrected chi connectivity index (χ1v) is 12.9. The number of amides is 1. The van der Waals surface area contributed by atoms with Gasteiger partial charge in [0.25, 0.3) is 5.91 Å². The molecule has 0 radical (unpaired) electrons. The van der Waals surface area contributed by atoms with E-state index in [4.69, 9.17) is 0 Å². The van der Waals surface area contributed by atoms with Crippen LogP contribution in [0.3, 0.4) is 0 Å². The van der Waals surface area contributed by atoms with Crippen molar-refractivity contribution in [3.63, 3.8) is 0 Å². The average Bonchev–Trinajstić information content (AvgIpc) is 2.71. The number of nitrogens with zero attached hydrogens (tertiary/aromatic N) is 2. The summed E-state index contributed by atoms with van der Waals surface area (Å²) >= 11 is 0. The van der Waals surface area contributed by atoms with Gasteiger partial charge in [0.1, 0.15) is 0 Å². The van der Waals surface area contributed by atoms with Gasteiger partial charge in [-0.25, -0.2) is 13.1 Å². The zero-order chi connectivity index (χ0) is 23.1. The Kier molecular flexibility index (Phi) is 5.94. The Labute approximate surface area is 190 Å². The van der Waals surface area contributed by atoms with Crippen LogP contribution in [0.25, 0.3) is 0 Å². The minimum absolute atomic E-state index is 0.0975. The first-order chi connectivity index (χ1) is 15.0. The Morgan fingerprint density at radius 1 is 1.09 bits per heavy atom. The van der Waals surface area contributed by atoms with E-state index in [0.717, 1.165) is 50.1 Å². The van der Waals surface area contributed by atoms with Crippen LogP contribution < -0.4 is 14.9 Å². The minimum atomic E-state index is -3.60. The van der Waals surface area contributed by atoms with Crippen LogP contribution in [-0.2, 0) is 16.4 Å². The molecule has 1 fully saturated rings. The van der Waals surface area contributed by atoms with Crippen molar-refractivity contribution in [3.8, 4) is 0 Å². The summed E-state index contributed by atoms with van der Waals surface area (Å²) in [5.41, 5.74) is 4.75. The Hall–Kier alpha value is -2.58. The van der Waals surface area contributed by atoms with Gasteiger partial charge in [0.15, 0.2) is 0 Å². The lowest BCUT2D eigenvalue weighted by Crippen LogP contribution is -2.44. The molecule has 2 N–H and O–H groups in total. The summed E-state index contributed by atoms with van der Waals surface area (Å²) in [5, 5.41) is 3.68. The second kappa shape index (κ2) is 8.41. The molecular weight excluding hydrogens is 424 g/mol. The van der Waals surface area contributed by atoms with Crippen molar-refractivity contribution in [2.75, 3.05) is 49.7 Å². The lowest BCUT2D eigenvalue weighted by Gasteiger charge is -2.42. The fourth-order valence-corrected chi connectivity index (χ4v) is 5.15. The summed E-state index contributed by atoms with van der Waals surface area (Å²) in [6.45, 7) is 8.64. The monoisotopic (exact) mass is 456 g/mol. The van der Waals surface area contributed by atoms with Crippen molar-refractivity contribution in [2.24, 2.45) is 5.41 Å². The number of hydrogen-bond acceptors (Lipinski definition) is 6. The molecule has 1 atom stereocenters. The van der Waals surface area contributed by atoms with Crippen molar-refractivity contribution in [1.29, 1.82) is 0 Å². The average molecular weight is 457 g/mol. The highest BCUT2D eigenvalue weighted by Crippen LogP contribution is 2.45. The van der Waals surface area contributed by atoms with Gasteiger partial charge in [-0.15, -0.1) is 0 Å². The zero-order valence-corrected chi connectivity index (χ0v) is 20.0. The Morgan fingerprint density at radius 3 is 2.50 bits per heavy atom. The van der Waals surface area contributed by atoms with Crippen LogP contribution in [0.2, 0.25) is 0 Å². The highest BCUT2D eigenvalue weighted by atomic mass is 32.2. The number of carbonyl (C=O) groups excluding carboxylic acids is 1. The van der Waals surface area contributed by atoms with Crippen molar-refractivity contribution >= 4 is 27.3 Å². The molecule has 1 saturated heterocycles. The number of sulfonamides is 1. The molecule has 2 aromatic rings. The highest BCUT2D eigenvalue weighted by Gasteiger charge is 2.36. The second-order valence-corrected chi connectivity index (χ2v) is 11.5. The molecule has 0 spiro atoms. The summed E-state index contributed by atoms with van der Waals surface area (Å²) in [5.74, 6) is -0.602. The van der Waals surface area contributed by atoms with E-state index in [-0.39, 0.29) is 11.5 Å². The van der Waals surface area contributed by atoms with Crippen LogP contribution in [-0.4, -0.2) is 58.7 Å². The second-order valence-electron chi connectivity index (χ2n) is 9.70. The molecule has 2 aromatic carbocycles. The van der Waals surface area contributed by atoms with Crippen LogP contribution in [0.4, 0.5) is 11.4 Å². The third-order valence-corrected chi connectivity index (χ3v) is 7.00. The standard InChI is InChI=1S/C24H32N4O3S/c1-24(2)16-19-14-18(23(29)26-32(4,30)31)8-9-21(19)25-22(24)17-6-5-7-20(15-17)28-12-10-27(3)11-13-28/h5-9,14-15,22,25H,10-13,16H2,1-4H3,(H,26,29). The summed E-state index contributed by atoms with van der Waals surface area (Å²) in [7, 11) is -1.44. The predicted molar refractivity (Wildman–Crippen MR) is 129 cm³/mol. The summed E-state index contributed by atoms with van der Waals surface area (Å²) in [6, 6.07) is 14.3. The third kappa shape index (κ3) is 4.91. The SMILES string of the molecule is CN1CCN(c2cccc(C3Nc4ccc(C(=O)NS(C)(=O)=O)cc4CC3(C)C)c2)CC1. The summed E-state index contributed by atoms with van der Waals surface area (Å²) in [6.07, 6.45) is 1.76. The van der Waals surface area contributed by atoms with Crippen molar-refractivity contribution < 1.29 is 13.2 Å². The lowest BCUT2D eigenvalue weighted by molar-refractivity contribution is 0.0981. The van der Waals surface area contributed by atoms with Gasteiger partial charge in [-0.05, 0) is 60.3 Å². The first kappa shape index (κ1) is 22.6. The quantitative estimate of drug-likeness (QED) is 0.736. The molecule has 2 aliphatic heterocycles. The van der Waals surface area contributed by atoms with E-state index in [0.29, 0.717) is 5.56 Å². The smallest absolute Gasteiger partial charge is 0.264 e. The number of carbonyl (C=O) groups is 1. The van der Waals surface area contributed by atoms with Crippen molar-refractivity contribution in [2.45, 2.75) is 26.3 Å². The van der Waals surface area contributed by atoms with Crippen LogP contribution in [0.5, 0.6) is 0 Å². The molecule has 0 saturated carbocycles. The normalized spacial score (nSPS) is 20.9. The van der Waals surface area contributed by atoms with Gasteiger partial charge in [0.05, 0.1) is 12.3 Å². The molecule has 172 valence electrons. The molecule has 8 heteroatoms. The molecule has 7 nitrogen and oxygen atoms in total. The van der Waals surface area contributed by atoms with Gasteiger partial charge < -0.3 is 15.1 Å². The molecular formula is C24H32N4O3S. The predicted octanol–water partition coefficient (Wildman–Crippen LogP) is 2.86. The van der Waals surface area contributed by atoms with E-state index in [1.807, 2.05) is 10.8 Å². The molecule has 0 aliphatic carbocycles. The van der Waals surface area contributed by atoms with E-state index < -0.39 is 15.9 Å². The molecule has 32 heavy (non-hydrogen) atoms. The molecule has 2 aliphatic rings. The Balaban J connectivity index is 1.58. The van der Waals surface area contributed by atoms with Crippen LogP contribution in [0.1, 0.15) is 41.4 Å². The van der Waals surface area contributed by atoms with Gasteiger partial charge in [0.2, 0.25) is 10.0 Å². The van der Waals surface area contributed by atoms with Crippen molar-refractivity contribution in [1.82, 2.24) is 9.62 Å². The maximum absolute atomic E-state index is 12.3. The van der Waals surface area contributed by atoms with Gasteiger partial charge in [-0.2, -0.15) is 0 Å². The lowest BCUT2D eigenvalue weighted by atomic mass is 9.72. The number of anilines is 2. The summed E-state index contributed by atoms with van der Waals surface area (Å²) in [4.78, 5) is 17.1. The molecule has 1 unspecified atom stereocenters. The van der Waals surface area contributed by atoms with E-state index in [1.54, 1.807) is 12.1 Å². The van der Waals surface area contributed by atoms with E-state index in [9.17, 15) is 13.2 Å². The molecule has 0 bridgehead atoms. The number of likely N-dealkylation sites (N-methyl/N-ethyl adjacent to an activating group) is 1. The molecule has 1 amide bonds. The number of fused-ring (bicyclic) bond motifs is 1.